The Morgan fingerprint density at radius 3 is 2.44 bits per heavy atom. The summed E-state index contributed by atoms with van der Waals surface area (Å²) in [5.41, 5.74) is 0.766. The van der Waals surface area contributed by atoms with Gasteiger partial charge in [0.1, 0.15) is 24.2 Å². The van der Waals surface area contributed by atoms with Gasteiger partial charge < -0.3 is 15.0 Å². The zero-order valence-electron chi connectivity index (χ0n) is 20.9. The van der Waals surface area contributed by atoms with Gasteiger partial charge in [-0.1, -0.05) is 38.0 Å². The van der Waals surface area contributed by atoms with Crippen LogP contribution in [0.4, 0.5) is 10.1 Å². The van der Waals surface area contributed by atoms with E-state index in [0.29, 0.717) is 12.2 Å². The number of halogens is 1. The molecule has 196 valence electrons. The van der Waals surface area contributed by atoms with E-state index < -0.39 is 34.3 Å². The summed E-state index contributed by atoms with van der Waals surface area (Å²) in [4.78, 5) is 28.3. The predicted octanol–water partition coefficient (Wildman–Crippen LogP) is 3.47. The van der Waals surface area contributed by atoms with Gasteiger partial charge in [0.15, 0.2) is 0 Å². The van der Waals surface area contributed by atoms with Gasteiger partial charge in [-0.3, -0.25) is 13.9 Å². The van der Waals surface area contributed by atoms with Crippen LogP contribution in [0.1, 0.15) is 44.6 Å². The second-order valence-electron chi connectivity index (χ2n) is 9.04. The predicted molar refractivity (Wildman–Crippen MR) is 137 cm³/mol. The smallest absolute Gasteiger partial charge is 0.244 e. The molecule has 2 amide bonds. The highest BCUT2D eigenvalue weighted by atomic mass is 32.2. The van der Waals surface area contributed by atoms with E-state index in [2.05, 4.69) is 5.32 Å². The molecule has 1 atom stereocenters. The van der Waals surface area contributed by atoms with Crippen molar-refractivity contribution in [3.05, 3.63) is 59.9 Å². The minimum Gasteiger partial charge on any atom is -0.497 e. The summed E-state index contributed by atoms with van der Waals surface area (Å²) in [5.74, 6) is -0.858. The molecule has 0 bridgehead atoms. The number of carbonyl (C=O) groups is 2. The van der Waals surface area contributed by atoms with Gasteiger partial charge in [-0.25, -0.2) is 12.8 Å². The molecule has 1 N–H and O–H groups in total. The first kappa shape index (κ1) is 27.4. The van der Waals surface area contributed by atoms with E-state index in [-0.39, 0.29) is 24.2 Å². The normalized spacial score (nSPS) is 14.8. The Kier molecular flexibility index (Phi) is 9.31. The topological polar surface area (TPSA) is 96.0 Å². The Bertz CT molecular complexity index is 1170. The Labute approximate surface area is 212 Å². The standard InChI is InChI=1S/C26H34FN3O5S/c1-4-24(26(32)28-21-11-5-6-12-21)29(17-19-9-7-14-23(15-19)35-2)25(31)18-30(36(3,33)34)22-13-8-10-20(27)16-22/h7-10,13-16,21,24H,4-6,11-12,17-18H2,1-3H3,(H,28,32)/t24-/m0/s1. The molecule has 0 saturated heterocycles. The van der Waals surface area contributed by atoms with Gasteiger partial charge in [0, 0.05) is 12.6 Å². The molecule has 10 heteroatoms. The summed E-state index contributed by atoms with van der Waals surface area (Å²) in [5, 5.41) is 3.06. The quantitative estimate of drug-likeness (QED) is 0.491. The number of methoxy groups -OCH3 is 1. The fraction of sp³-hybridized carbons (Fsp3) is 0.462. The number of hydrogen-bond donors (Lipinski definition) is 1. The monoisotopic (exact) mass is 519 g/mol. The molecule has 2 aromatic rings. The highest BCUT2D eigenvalue weighted by Crippen LogP contribution is 2.23. The third-order valence-electron chi connectivity index (χ3n) is 6.35. The van der Waals surface area contributed by atoms with Crippen LogP contribution in [-0.2, 0) is 26.2 Å². The van der Waals surface area contributed by atoms with Gasteiger partial charge in [0.2, 0.25) is 21.8 Å². The molecule has 36 heavy (non-hydrogen) atoms. The lowest BCUT2D eigenvalue weighted by molar-refractivity contribution is -0.140. The lowest BCUT2D eigenvalue weighted by atomic mass is 10.1. The maximum absolute atomic E-state index is 13.9. The van der Waals surface area contributed by atoms with Gasteiger partial charge in [0.05, 0.1) is 19.1 Å². The molecule has 0 spiro atoms. The van der Waals surface area contributed by atoms with Gasteiger partial charge in [-0.05, 0) is 55.2 Å². The van der Waals surface area contributed by atoms with Crippen LogP contribution in [0.2, 0.25) is 0 Å². The molecule has 0 aliphatic heterocycles. The average molecular weight is 520 g/mol. The number of sulfonamides is 1. The first-order valence-electron chi connectivity index (χ1n) is 12.1. The van der Waals surface area contributed by atoms with Crippen molar-refractivity contribution in [2.24, 2.45) is 0 Å². The maximum Gasteiger partial charge on any atom is 0.244 e. The lowest BCUT2D eigenvalue weighted by Gasteiger charge is -2.33. The zero-order valence-corrected chi connectivity index (χ0v) is 21.8. The fourth-order valence-corrected chi connectivity index (χ4v) is 5.34. The van der Waals surface area contributed by atoms with Gasteiger partial charge in [-0.15, -0.1) is 0 Å². The molecule has 0 radical (unpaired) electrons. The van der Waals surface area contributed by atoms with Gasteiger partial charge in [0.25, 0.3) is 0 Å². The van der Waals surface area contributed by atoms with Crippen LogP contribution in [-0.4, -0.2) is 57.1 Å². The number of amides is 2. The van der Waals surface area contributed by atoms with Crippen LogP contribution in [0.5, 0.6) is 5.75 Å². The Balaban J connectivity index is 1.93. The first-order chi connectivity index (χ1) is 17.1. The van der Waals surface area contributed by atoms with Crippen molar-refractivity contribution in [3.8, 4) is 5.75 Å². The molecule has 2 aromatic carbocycles. The van der Waals surface area contributed by atoms with E-state index in [1.807, 2.05) is 13.0 Å². The fourth-order valence-electron chi connectivity index (χ4n) is 4.50. The second kappa shape index (κ2) is 12.2. The number of benzene rings is 2. The molecule has 1 aliphatic rings. The number of anilines is 1. The molecule has 0 aromatic heterocycles. The number of nitrogens with one attached hydrogen (secondary N) is 1. The van der Waals surface area contributed by atoms with Crippen molar-refractivity contribution in [2.75, 3.05) is 24.2 Å². The van der Waals surface area contributed by atoms with Crippen molar-refractivity contribution in [1.29, 1.82) is 0 Å². The summed E-state index contributed by atoms with van der Waals surface area (Å²) in [6.45, 7) is 1.32. The SMILES string of the molecule is CC[C@@H](C(=O)NC1CCCC1)N(Cc1cccc(OC)c1)C(=O)CN(c1cccc(F)c1)S(C)(=O)=O. The van der Waals surface area contributed by atoms with Crippen LogP contribution in [0.3, 0.4) is 0 Å². The minimum absolute atomic E-state index is 0.0376. The van der Waals surface area contributed by atoms with Crippen molar-refractivity contribution >= 4 is 27.5 Å². The summed E-state index contributed by atoms with van der Waals surface area (Å²) in [6, 6.07) is 11.5. The molecule has 0 heterocycles. The molecule has 8 nitrogen and oxygen atoms in total. The van der Waals surface area contributed by atoms with E-state index in [0.717, 1.165) is 47.9 Å². The van der Waals surface area contributed by atoms with E-state index >= 15 is 0 Å². The van der Waals surface area contributed by atoms with E-state index in [1.54, 1.807) is 18.2 Å². The first-order valence-corrected chi connectivity index (χ1v) is 13.9. The maximum atomic E-state index is 13.9. The Morgan fingerprint density at radius 1 is 1.14 bits per heavy atom. The number of nitrogens with zero attached hydrogens (tertiary/aromatic N) is 2. The van der Waals surface area contributed by atoms with E-state index in [4.69, 9.17) is 4.74 Å². The highest BCUT2D eigenvalue weighted by Gasteiger charge is 2.33. The van der Waals surface area contributed by atoms with Gasteiger partial charge >= 0.3 is 0 Å². The molecule has 0 unspecified atom stereocenters. The molecule has 1 aliphatic carbocycles. The summed E-state index contributed by atoms with van der Waals surface area (Å²) in [7, 11) is -2.38. The van der Waals surface area contributed by atoms with E-state index in [1.165, 1.54) is 30.2 Å². The molecule has 1 fully saturated rings. The third kappa shape index (κ3) is 7.19. The third-order valence-corrected chi connectivity index (χ3v) is 7.49. The van der Waals surface area contributed by atoms with Crippen LogP contribution in [0.15, 0.2) is 48.5 Å². The van der Waals surface area contributed by atoms with Crippen molar-refractivity contribution in [2.45, 2.75) is 57.7 Å². The number of carbonyl (C=O) groups excluding carboxylic acids is 2. The number of hydrogen-bond acceptors (Lipinski definition) is 5. The number of ether oxygens (including phenoxy) is 1. The molecular weight excluding hydrogens is 485 g/mol. The summed E-state index contributed by atoms with van der Waals surface area (Å²) >= 11 is 0. The lowest BCUT2D eigenvalue weighted by Crippen LogP contribution is -2.53. The van der Waals surface area contributed by atoms with Crippen LogP contribution in [0, 0.1) is 5.82 Å². The van der Waals surface area contributed by atoms with E-state index in [9.17, 15) is 22.4 Å². The summed E-state index contributed by atoms with van der Waals surface area (Å²) in [6.07, 6.45) is 5.19. The Morgan fingerprint density at radius 2 is 1.83 bits per heavy atom. The van der Waals surface area contributed by atoms with Crippen molar-refractivity contribution in [3.63, 3.8) is 0 Å². The average Bonchev–Trinajstić information content (AvgIpc) is 3.34. The van der Waals surface area contributed by atoms with Crippen molar-refractivity contribution in [1.82, 2.24) is 10.2 Å². The van der Waals surface area contributed by atoms with Gasteiger partial charge in [-0.2, -0.15) is 0 Å². The van der Waals surface area contributed by atoms with Crippen LogP contribution in [0.25, 0.3) is 0 Å². The highest BCUT2D eigenvalue weighted by molar-refractivity contribution is 7.92. The Hall–Kier alpha value is -3.14. The minimum atomic E-state index is -3.92. The number of rotatable bonds is 11. The molecular formula is C26H34FN3O5S. The largest absolute Gasteiger partial charge is 0.497 e. The second-order valence-corrected chi connectivity index (χ2v) is 10.9. The van der Waals surface area contributed by atoms with Crippen LogP contribution < -0.4 is 14.4 Å². The zero-order chi connectivity index (χ0) is 26.3. The molecule has 1 saturated carbocycles. The summed E-state index contributed by atoms with van der Waals surface area (Å²) < 4.78 is 45.2. The van der Waals surface area contributed by atoms with Crippen molar-refractivity contribution < 1.29 is 27.1 Å². The van der Waals surface area contributed by atoms with Crippen LogP contribution >= 0.6 is 0 Å². The molecule has 3 rings (SSSR count).